The van der Waals surface area contributed by atoms with Crippen molar-refractivity contribution < 1.29 is 19.2 Å². The van der Waals surface area contributed by atoms with Gasteiger partial charge >= 0.3 is 5.97 Å². The second-order valence-corrected chi connectivity index (χ2v) is 5.00. The molecule has 1 fully saturated rings. The van der Waals surface area contributed by atoms with Gasteiger partial charge in [0.05, 0.1) is 11.9 Å². The Hall–Kier alpha value is -0.910. The maximum Gasteiger partial charge on any atom is 0.364 e. The van der Waals surface area contributed by atoms with E-state index in [4.69, 9.17) is 9.57 Å². The number of rotatable bonds is 6. The van der Waals surface area contributed by atoms with E-state index in [0.717, 1.165) is 25.7 Å². The van der Waals surface area contributed by atoms with Gasteiger partial charge in [-0.3, -0.25) is 4.79 Å². The summed E-state index contributed by atoms with van der Waals surface area (Å²) in [5, 5.41) is 3.77. The number of nitrogens with zero attached hydrogens (tertiary/aromatic N) is 1. The molecular formula is C13H20BrNO4. The Labute approximate surface area is 121 Å². The first kappa shape index (κ1) is 16.1. The van der Waals surface area contributed by atoms with E-state index in [1.165, 1.54) is 12.8 Å². The van der Waals surface area contributed by atoms with Gasteiger partial charge in [0.15, 0.2) is 0 Å². The van der Waals surface area contributed by atoms with Crippen molar-refractivity contribution in [3.8, 4) is 0 Å². The molecule has 0 aliphatic heterocycles. The summed E-state index contributed by atoms with van der Waals surface area (Å²) in [6, 6.07) is 0. The first-order valence-corrected chi connectivity index (χ1v) is 7.81. The molecule has 1 rings (SSSR count). The molecule has 1 saturated carbocycles. The SMILES string of the molecule is CCOC(=O)C(=NOC1CCCCCC1)C(=O)CBr. The van der Waals surface area contributed by atoms with Crippen molar-refractivity contribution in [3.63, 3.8) is 0 Å². The van der Waals surface area contributed by atoms with E-state index in [1.54, 1.807) is 6.92 Å². The zero-order valence-electron chi connectivity index (χ0n) is 11.2. The van der Waals surface area contributed by atoms with Crippen molar-refractivity contribution in [2.75, 3.05) is 11.9 Å². The number of oxime groups is 1. The quantitative estimate of drug-likeness (QED) is 0.187. The number of ketones is 1. The molecule has 108 valence electrons. The molecular weight excluding hydrogens is 314 g/mol. The molecule has 0 bridgehead atoms. The molecule has 0 N–H and O–H groups in total. The molecule has 0 spiro atoms. The van der Waals surface area contributed by atoms with E-state index in [9.17, 15) is 9.59 Å². The lowest BCUT2D eigenvalue weighted by Crippen LogP contribution is -2.28. The maximum atomic E-state index is 11.6. The monoisotopic (exact) mass is 333 g/mol. The lowest BCUT2D eigenvalue weighted by Gasteiger charge is -2.12. The number of carbonyl (C=O) groups is 2. The largest absolute Gasteiger partial charge is 0.461 e. The number of Topliss-reactive ketones (excluding diaryl/α,β-unsaturated/α-hetero) is 1. The summed E-state index contributed by atoms with van der Waals surface area (Å²) in [6.45, 7) is 1.89. The third kappa shape index (κ3) is 5.72. The van der Waals surface area contributed by atoms with Crippen LogP contribution in [-0.2, 0) is 19.2 Å². The molecule has 0 radical (unpaired) electrons. The Morgan fingerprint density at radius 3 is 2.37 bits per heavy atom. The molecule has 0 aromatic rings. The Morgan fingerprint density at radius 2 is 1.84 bits per heavy atom. The van der Waals surface area contributed by atoms with Gasteiger partial charge in [-0.15, -0.1) is 0 Å². The van der Waals surface area contributed by atoms with Gasteiger partial charge in [-0.05, 0) is 32.6 Å². The van der Waals surface area contributed by atoms with Crippen LogP contribution in [0.2, 0.25) is 0 Å². The molecule has 0 heterocycles. The average molecular weight is 334 g/mol. The number of halogens is 1. The molecule has 5 nitrogen and oxygen atoms in total. The summed E-state index contributed by atoms with van der Waals surface area (Å²) in [6.07, 6.45) is 6.44. The van der Waals surface area contributed by atoms with Crippen molar-refractivity contribution in [2.24, 2.45) is 5.16 Å². The van der Waals surface area contributed by atoms with Crippen LogP contribution in [0.1, 0.15) is 45.4 Å². The van der Waals surface area contributed by atoms with Crippen molar-refractivity contribution in [3.05, 3.63) is 0 Å². The van der Waals surface area contributed by atoms with Gasteiger partial charge in [-0.25, -0.2) is 4.79 Å². The van der Waals surface area contributed by atoms with Gasteiger partial charge in [-0.1, -0.05) is 33.9 Å². The zero-order valence-corrected chi connectivity index (χ0v) is 12.8. The van der Waals surface area contributed by atoms with Crippen molar-refractivity contribution in [1.82, 2.24) is 0 Å². The fourth-order valence-electron chi connectivity index (χ4n) is 1.94. The number of esters is 1. The van der Waals surface area contributed by atoms with Gasteiger partial charge in [0, 0.05) is 0 Å². The fourth-order valence-corrected chi connectivity index (χ4v) is 2.20. The summed E-state index contributed by atoms with van der Waals surface area (Å²) in [4.78, 5) is 28.6. The Kier molecular flexibility index (Phi) is 7.70. The topological polar surface area (TPSA) is 65.0 Å². The molecule has 0 amide bonds. The summed E-state index contributed by atoms with van der Waals surface area (Å²) in [7, 11) is 0. The van der Waals surface area contributed by atoms with E-state index in [1.807, 2.05) is 0 Å². The summed E-state index contributed by atoms with van der Waals surface area (Å²) in [5.41, 5.74) is -0.261. The minimum absolute atomic E-state index is 0.00458. The standard InChI is InChI=1S/C13H20BrNO4/c1-2-18-13(17)12(11(16)9-14)15-19-10-7-5-3-4-6-8-10/h10H,2-9H2,1H3. The normalized spacial score (nSPS) is 17.7. The predicted octanol–water partition coefficient (Wildman–Crippen LogP) is 2.61. The van der Waals surface area contributed by atoms with Crippen LogP contribution in [0.15, 0.2) is 5.16 Å². The molecule has 0 unspecified atom stereocenters. The smallest absolute Gasteiger partial charge is 0.364 e. The van der Waals surface area contributed by atoms with Crippen LogP contribution >= 0.6 is 15.9 Å². The van der Waals surface area contributed by atoms with Crippen LogP contribution in [0.25, 0.3) is 0 Å². The number of ether oxygens (including phenoxy) is 1. The Morgan fingerprint density at radius 1 is 1.21 bits per heavy atom. The minimum atomic E-state index is -0.722. The second kappa shape index (κ2) is 9.07. The van der Waals surface area contributed by atoms with E-state index >= 15 is 0 Å². The van der Waals surface area contributed by atoms with Gasteiger partial charge in [0.25, 0.3) is 0 Å². The molecule has 0 saturated heterocycles. The van der Waals surface area contributed by atoms with Gasteiger partial charge in [0.1, 0.15) is 6.10 Å². The lowest BCUT2D eigenvalue weighted by molar-refractivity contribution is -0.136. The van der Waals surface area contributed by atoms with Crippen LogP contribution in [0.5, 0.6) is 0 Å². The van der Waals surface area contributed by atoms with Gasteiger partial charge < -0.3 is 9.57 Å². The number of carbonyl (C=O) groups excluding carboxylic acids is 2. The van der Waals surface area contributed by atoms with Crippen LogP contribution in [-0.4, -0.2) is 35.5 Å². The number of hydrogen-bond acceptors (Lipinski definition) is 5. The maximum absolute atomic E-state index is 11.6. The first-order chi connectivity index (χ1) is 9.19. The predicted molar refractivity (Wildman–Crippen MR) is 75.4 cm³/mol. The van der Waals surface area contributed by atoms with Crippen LogP contribution in [0.3, 0.4) is 0 Å². The second-order valence-electron chi connectivity index (χ2n) is 4.44. The highest BCUT2D eigenvalue weighted by molar-refractivity contribution is 9.09. The van der Waals surface area contributed by atoms with Gasteiger partial charge in [0.2, 0.25) is 11.5 Å². The molecule has 1 aliphatic rings. The highest BCUT2D eigenvalue weighted by Gasteiger charge is 2.23. The van der Waals surface area contributed by atoms with Crippen LogP contribution in [0.4, 0.5) is 0 Å². The van der Waals surface area contributed by atoms with E-state index in [0.29, 0.717) is 0 Å². The third-order valence-electron chi connectivity index (χ3n) is 2.95. The van der Waals surface area contributed by atoms with Crippen molar-refractivity contribution in [2.45, 2.75) is 51.6 Å². The number of alkyl halides is 1. The molecule has 6 heteroatoms. The third-order valence-corrected chi connectivity index (χ3v) is 3.46. The summed E-state index contributed by atoms with van der Waals surface area (Å²) < 4.78 is 4.80. The minimum Gasteiger partial charge on any atom is -0.461 e. The highest BCUT2D eigenvalue weighted by Crippen LogP contribution is 2.20. The zero-order chi connectivity index (χ0) is 14.1. The molecule has 0 aromatic heterocycles. The average Bonchev–Trinajstić information content (AvgIpc) is 2.67. The summed E-state index contributed by atoms with van der Waals surface area (Å²) in [5.74, 6) is -1.15. The van der Waals surface area contributed by atoms with E-state index in [-0.39, 0.29) is 23.8 Å². The molecule has 0 aromatic carbocycles. The molecule has 1 aliphatic carbocycles. The lowest BCUT2D eigenvalue weighted by atomic mass is 10.2. The molecule has 19 heavy (non-hydrogen) atoms. The van der Waals surface area contributed by atoms with Gasteiger partial charge in [-0.2, -0.15) is 0 Å². The number of hydrogen-bond donors (Lipinski definition) is 0. The van der Waals surface area contributed by atoms with Crippen LogP contribution < -0.4 is 0 Å². The van der Waals surface area contributed by atoms with Crippen LogP contribution in [0, 0.1) is 0 Å². The van der Waals surface area contributed by atoms with Crippen molar-refractivity contribution in [1.29, 1.82) is 0 Å². The highest BCUT2D eigenvalue weighted by atomic mass is 79.9. The van der Waals surface area contributed by atoms with Crippen molar-refractivity contribution >= 4 is 33.4 Å². The van der Waals surface area contributed by atoms with E-state index in [2.05, 4.69) is 21.1 Å². The Bertz CT molecular complexity index is 336. The molecule has 0 atom stereocenters. The summed E-state index contributed by atoms with van der Waals surface area (Å²) >= 11 is 3.02. The Balaban J connectivity index is 2.64. The fraction of sp³-hybridized carbons (Fsp3) is 0.769. The van der Waals surface area contributed by atoms with E-state index < -0.39 is 11.8 Å². The first-order valence-electron chi connectivity index (χ1n) is 6.69.